The van der Waals surface area contributed by atoms with Gasteiger partial charge in [-0.05, 0) is 25.5 Å². The molecular formula is C12H11ClN4O. The fraction of sp³-hybridized carbons (Fsp3) is 0.250. The number of fused-ring (bicyclic) bond motifs is 1. The number of aromatic nitrogens is 4. The minimum Gasteiger partial charge on any atom is -0.332 e. The van der Waals surface area contributed by atoms with E-state index in [0.29, 0.717) is 16.7 Å². The zero-order valence-electron chi connectivity index (χ0n) is 10.0. The predicted molar refractivity (Wildman–Crippen MR) is 67.6 cm³/mol. The number of pyridine rings is 1. The maximum atomic E-state index is 6.02. The number of halogens is 1. The Labute approximate surface area is 108 Å². The van der Waals surface area contributed by atoms with Gasteiger partial charge in [0.2, 0.25) is 0 Å². The number of hydrogen-bond acceptors (Lipinski definition) is 4. The Bertz CT molecular complexity index is 716. The van der Waals surface area contributed by atoms with Crippen LogP contribution in [-0.2, 0) is 6.42 Å². The van der Waals surface area contributed by atoms with Crippen LogP contribution in [0.3, 0.4) is 0 Å². The molecule has 0 spiro atoms. The number of aryl methyl sites for hydroxylation is 2. The molecule has 0 unspecified atom stereocenters. The second-order valence-electron chi connectivity index (χ2n) is 3.98. The first-order valence-corrected chi connectivity index (χ1v) is 6.04. The first kappa shape index (κ1) is 11.2. The van der Waals surface area contributed by atoms with E-state index in [1.165, 1.54) is 0 Å². The minimum atomic E-state index is 0.471. The lowest BCUT2D eigenvalue weighted by molar-refractivity contribution is 0.423. The summed E-state index contributed by atoms with van der Waals surface area (Å²) in [5.41, 5.74) is 2.55. The van der Waals surface area contributed by atoms with Crippen LogP contribution in [0.5, 0.6) is 0 Å². The van der Waals surface area contributed by atoms with E-state index in [4.69, 9.17) is 16.1 Å². The van der Waals surface area contributed by atoms with Gasteiger partial charge in [-0.25, -0.2) is 4.98 Å². The number of imidazole rings is 1. The SMILES string of the molecule is CCc1nc2ccc(Cl)cn2c1-c1nc(C)no1. The fourth-order valence-electron chi connectivity index (χ4n) is 1.93. The Morgan fingerprint density at radius 2 is 2.17 bits per heavy atom. The van der Waals surface area contributed by atoms with E-state index < -0.39 is 0 Å². The molecule has 0 amide bonds. The molecule has 0 bridgehead atoms. The molecule has 3 aromatic heterocycles. The van der Waals surface area contributed by atoms with Gasteiger partial charge in [-0.1, -0.05) is 23.7 Å². The van der Waals surface area contributed by atoms with Crippen LogP contribution in [-0.4, -0.2) is 19.5 Å². The summed E-state index contributed by atoms with van der Waals surface area (Å²) < 4.78 is 7.12. The van der Waals surface area contributed by atoms with Crippen LogP contribution < -0.4 is 0 Å². The highest BCUT2D eigenvalue weighted by molar-refractivity contribution is 6.30. The van der Waals surface area contributed by atoms with E-state index in [2.05, 4.69) is 15.1 Å². The maximum absolute atomic E-state index is 6.02. The lowest BCUT2D eigenvalue weighted by atomic mass is 10.2. The van der Waals surface area contributed by atoms with Crippen LogP contribution >= 0.6 is 11.6 Å². The average Bonchev–Trinajstić information content (AvgIpc) is 2.91. The molecule has 0 radical (unpaired) electrons. The summed E-state index contributed by atoms with van der Waals surface area (Å²) in [7, 11) is 0. The van der Waals surface area contributed by atoms with Crippen molar-refractivity contribution in [1.29, 1.82) is 0 Å². The third-order valence-electron chi connectivity index (χ3n) is 2.72. The standard InChI is InChI=1S/C12H11ClN4O/c1-3-9-11(12-14-7(2)16-18-12)17-6-8(13)4-5-10(17)15-9/h4-6H,3H2,1-2H3. The third-order valence-corrected chi connectivity index (χ3v) is 2.94. The van der Waals surface area contributed by atoms with Gasteiger partial charge in [-0.15, -0.1) is 0 Å². The monoisotopic (exact) mass is 262 g/mol. The number of nitrogens with zero attached hydrogens (tertiary/aromatic N) is 4. The van der Waals surface area contributed by atoms with E-state index in [9.17, 15) is 0 Å². The van der Waals surface area contributed by atoms with Gasteiger partial charge >= 0.3 is 0 Å². The second kappa shape index (κ2) is 4.10. The number of hydrogen-bond donors (Lipinski definition) is 0. The molecule has 6 heteroatoms. The molecule has 0 atom stereocenters. The van der Waals surface area contributed by atoms with Gasteiger partial charge in [0.15, 0.2) is 5.82 Å². The van der Waals surface area contributed by atoms with E-state index >= 15 is 0 Å². The molecular weight excluding hydrogens is 252 g/mol. The van der Waals surface area contributed by atoms with Crippen LogP contribution in [0.1, 0.15) is 18.4 Å². The van der Waals surface area contributed by atoms with Crippen LogP contribution in [0.25, 0.3) is 17.2 Å². The zero-order chi connectivity index (χ0) is 12.7. The Kier molecular flexibility index (Phi) is 2.56. The Balaban J connectivity index is 2.34. The highest BCUT2D eigenvalue weighted by Crippen LogP contribution is 2.25. The molecule has 0 aliphatic rings. The van der Waals surface area contributed by atoms with Crippen LogP contribution in [0.4, 0.5) is 0 Å². The molecule has 0 aromatic carbocycles. The second-order valence-corrected chi connectivity index (χ2v) is 4.42. The van der Waals surface area contributed by atoms with E-state index in [0.717, 1.165) is 23.5 Å². The molecule has 0 N–H and O–H groups in total. The summed E-state index contributed by atoms with van der Waals surface area (Å²) in [6.45, 7) is 3.82. The first-order chi connectivity index (χ1) is 8.69. The van der Waals surface area contributed by atoms with Gasteiger partial charge in [0, 0.05) is 6.20 Å². The molecule has 92 valence electrons. The molecule has 5 nitrogen and oxygen atoms in total. The Morgan fingerprint density at radius 1 is 1.33 bits per heavy atom. The van der Waals surface area contributed by atoms with Gasteiger partial charge in [0.25, 0.3) is 5.89 Å². The molecule has 3 rings (SSSR count). The maximum Gasteiger partial charge on any atom is 0.276 e. The Morgan fingerprint density at radius 3 is 2.83 bits per heavy atom. The van der Waals surface area contributed by atoms with Crippen molar-refractivity contribution in [2.45, 2.75) is 20.3 Å². The summed E-state index contributed by atoms with van der Waals surface area (Å²) in [6, 6.07) is 3.68. The zero-order valence-corrected chi connectivity index (χ0v) is 10.8. The molecule has 3 heterocycles. The van der Waals surface area contributed by atoms with Crippen molar-refractivity contribution in [2.75, 3.05) is 0 Å². The van der Waals surface area contributed by atoms with Crippen molar-refractivity contribution >= 4 is 17.2 Å². The van der Waals surface area contributed by atoms with Gasteiger partial charge in [0.05, 0.1) is 10.7 Å². The van der Waals surface area contributed by atoms with Crippen molar-refractivity contribution in [3.63, 3.8) is 0 Å². The van der Waals surface area contributed by atoms with Crippen molar-refractivity contribution in [3.05, 3.63) is 34.9 Å². The summed E-state index contributed by atoms with van der Waals surface area (Å²) in [5.74, 6) is 1.07. The topological polar surface area (TPSA) is 56.2 Å². The molecule has 0 aliphatic carbocycles. The summed E-state index contributed by atoms with van der Waals surface area (Å²) in [5, 5.41) is 4.46. The van der Waals surface area contributed by atoms with E-state index in [1.54, 1.807) is 13.1 Å². The molecule has 3 aromatic rings. The smallest absolute Gasteiger partial charge is 0.276 e. The van der Waals surface area contributed by atoms with Gasteiger partial charge in [0.1, 0.15) is 11.3 Å². The van der Waals surface area contributed by atoms with Crippen LogP contribution in [0.15, 0.2) is 22.9 Å². The van der Waals surface area contributed by atoms with E-state index in [-0.39, 0.29) is 0 Å². The first-order valence-electron chi connectivity index (χ1n) is 5.66. The Hall–Kier alpha value is -1.88. The van der Waals surface area contributed by atoms with Gasteiger partial charge in [-0.3, -0.25) is 4.40 Å². The molecule has 0 saturated heterocycles. The predicted octanol–water partition coefficient (Wildman–Crippen LogP) is 2.91. The third kappa shape index (κ3) is 1.67. The van der Waals surface area contributed by atoms with Crippen molar-refractivity contribution < 1.29 is 4.52 Å². The van der Waals surface area contributed by atoms with Crippen molar-refractivity contribution in [3.8, 4) is 11.6 Å². The lowest BCUT2D eigenvalue weighted by Crippen LogP contribution is -1.91. The molecule has 18 heavy (non-hydrogen) atoms. The quantitative estimate of drug-likeness (QED) is 0.713. The normalized spacial score (nSPS) is 11.3. The molecule has 0 saturated carbocycles. The van der Waals surface area contributed by atoms with Gasteiger partial charge < -0.3 is 4.52 Å². The van der Waals surface area contributed by atoms with Gasteiger partial charge in [-0.2, -0.15) is 4.98 Å². The van der Waals surface area contributed by atoms with Crippen molar-refractivity contribution in [2.24, 2.45) is 0 Å². The highest BCUT2D eigenvalue weighted by atomic mass is 35.5. The summed E-state index contributed by atoms with van der Waals surface area (Å²) in [4.78, 5) is 8.79. The average molecular weight is 263 g/mol. The summed E-state index contributed by atoms with van der Waals surface area (Å²) >= 11 is 6.02. The largest absolute Gasteiger partial charge is 0.332 e. The van der Waals surface area contributed by atoms with Crippen molar-refractivity contribution in [1.82, 2.24) is 19.5 Å². The molecule has 0 aliphatic heterocycles. The minimum absolute atomic E-state index is 0.471. The van der Waals surface area contributed by atoms with E-state index in [1.807, 2.05) is 23.5 Å². The van der Waals surface area contributed by atoms with Crippen LogP contribution in [0, 0.1) is 6.92 Å². The number of rotatable bonds is 2. The summed E-state index contributed by atoms with van der Waals surface area (Å²) in [6.07, 6.45) is 2.59. The lowest BCUT2D eigenvalue weighted by Gasteiger charge is -1.98. The highest BCUT2D eigenvalue weighted by Gasteiger charge is 2.18. The van der Waals surface area contributed by atoms with Crippen LogP contribution in [0.2, 0.25) is 5.02 Å². The molecule has 0 fully saturated rings. The fourth-order valence-corrected chi connectivity index (χ4v) is 2.09.